The SMILES string of the molecule is C[C@@H](O)c1ccc(Sc2n[nH]c(=O)n2C)cc1. The van der Waals surface area contributed by atoms with Crippen molar-refractivity contribution in [1.82, 2.24) is 14.8 Å². The number of aliphatic hydroxyl groups is 1. The van der Waals surface area contributed by atoms with Crippen molar-refractivity contribution < 1.29 is 5.11 Å². The predicted octanol–water partition coefficient (Wildman–Crippen LogP) is 1.31. The highest BCUT2D eigenvalue weighted by Gasteiger charge is 2.06. The Bertz CT molecular complexity index is 557. The van der Waals surface area contributed by atoms with Crippen LogP contribution in [0.1, 0.15) is 18.6 Å². The Morgan fingerprint density at radius 3 is 2.53 bits per heavy atom. The Hall–Kier alpha value is -1.53. The zero-order valence-electron chi connectivity index (χ0n) is 9.54. The lowest BCUT2D eigenvalue weighted by atomic mass is 10.1. The van der Waals surface area contributed by atoms with Gasteiger partial charge in [0.15, 0.2) is 5.16 Å². The molecular weight excluding hydrogens is 238 g/mol. The number of rotatable bonds is 3. The third-order valence-corrected chi connectivity index (χ3v) is 3.47. The Morgan fingerprint density at radius 2 is 2.06 bits per heavy atom. The van der Waals surface area contributed by atoms with E-state index in [2.05, 4.69) is 10.2 Å². The van der Waals surface area contributed by atoms with Gasteiger partial charge in [-0.25, -0.2) is 9.89 Å². The zero-order valence-corrected chi connectivity index (χ0v) is 10.4. The van der Waals surface area contributed by atoms with Crippen LogP contribution in [0.3, 0.4) is 0 Å². The van der Waals surface area contributed by atoms with Crippen LogP contribution in [0.15, 0.2) is 39.1 Å². The lowest BCUT2D eigenvalue weighted by Crippen LogP contribution is -2.12. The Balaban J connectivity index is 2.19. The number of hydrogen-bond acceptors (Lipinski definition) is 4. The Morgan fingerprint density at radius 1 is 1.41 bits per heavy atom. The number of hydrogen-bond donors (Lipinski definition) is 2. The molecule has 0 aliphatic heterocycles. The molecule has 17 heavy (non-hydrogen) atoms. The quantitative estimate of drug-likeness (QED) is 0.863. The number of aliphatic hydroxyl groups excluding tert-OH is 1. The van der Waals surface area contributed by atoms with Gasteiger partial charge in [0.1, 0.15) is 0 Å². The number of benzene rings is 1. The van der Waals surface area contributed by atoms with Gasteiger partial charge in [0.25, 0.3) is 0 Å². The van der Waals surface area contributed by atoms with E-state index in [0.717, 1.165) is 10.5 Å². The molecule has 1 aromatic heterocycles. The molecule has 0 saturated carbocycles. The van der Waals surface area contributed by atoms with E-state index < -0.39 is 6.10 Å². The topological polar surface area (TPSA) is 70.9 Å². The van der Waals surface area contributed by atoms with Crippen molar-refractivity contribution in [2.45, 2.75) is 23.1 Å². The maximum absolute atomic E-state index is 11.2. The van der Waals surface area contributed by atoms with Gasteiger partial charge in [0, 0.05) is 11.9 Å². The molecule has 0 fully saturated rings. The molecule has 2 N–H and O–H groups in total. The van der Waals surface area contributed by atoms with Gasteiger partial charge in [-0.3, -0.25) is 4.57 Å². The van der Waals surface area contributed by atoms with Gasteiger partial charge in [-0.15, -0.1) is 5.10 Å². The molecule has 1 atom stereocenters. The highest BCUT2D eigenvalue weighted by atomic mass is 32.2. The van der Waals surface area contributed by atoms with Crippen molar-refractivity contribution in [3.63, 3.8) is 0 Å². The summed E-state index contributed by atoms with van der Waals surface area (Å²) in [4.78, 5) is 12.1. The largest absolute Gasteiger partial charge is 0.389 e. The average Bonchev–Trinajstić information content (AvgIpc) is 2.62. The molecule has 6 heteroatoms. The minimum absolute atomic E-state index is 0.229. The summed E-state index contributed by atoms with van der Waals surface area (Å²) in [5.41, 5.74) is 0.637. The molecule has 0 aliphatic carbocycles. The van der Waals surface area contributed by atoms with Gasteiger partial charge in [-0.05, 0) is 36.4 Å². The first-order chi connectivity index (χ1) is 8.08. The van der Waals surface area contributed by atoms with Crippen LogP contribution in [-0.2, 0) is 7.05 Å². The summed E-state index contributed by atoms with van der Waals surface area (Å²) in [6.45, 7) is 1.72. The van der Waals surface area contributed by atoms with Gasteiger partial charge < -0.3 is 5.11 Å². The fraction of sp³-hybridized carbons (Fsp3) is 0.273. The van der Waals surface area contributed by atoms with E-state index in [-0.39, 0.29) is 5.69 Å². The molecule has 0 radical (unpaired) electrons. The molecule has 2 rings (SSSR count). The van der Waals surface area contributed by atoms with Crippen LogP contribution in [0.5, 0.6) is 0 Å². The van der Waals surface area contributed by atoms with E-state index in [1.54, 1.807) is 14.0 Å². The average molecular weight is 251 g/mol. The molecule has 0 unspecified atom stereocenters. The summed E-state index contributed by atoms with van der Waals surface area (Å²) >= 11 is 1.39. The minimum atomic E-state index is -0.469. The normalized spacial score (nSPS) is 12.6. The van der Waals surface area contributed by atoms with Crippen molar-refractivity contribution in [3.8, 4) is 0 Å². The molecular formula is C11H13N3O2S. The maximum Gasteiger partial charge on any atom is 0.343 e. The standard InChI is InChI=1S/C11H13N3O2S/c1-7(15)8-3-5-9(6-4-8)17-11-13-12-10(16)14(11)2/h3-7,15H,1-2H3,(H,12,16)/t7-/m1/s1. The van der Waals surface area contributed by atoms with Crippen molar-refractivity contribution in [3.05, 3.63) is 40.3 Å². The van der Waals surface area contributed by atoms with Crippen LogP contribution in [0.2, 0.25) is 0 Å². The van der Waals surface area contributed by atoms with E-state index in [1.807, 2.05) is 24.3 Å². The molecule has 1 heterocycles. The monoisotopic (exact) mass is 251 g/mol. The van der Waals surface area contributed by atoms with Crippen molar-refractivity contribution in [2.75, 3.05) is 0 Å². The fourth-order valence-corrected chi connectivity index (χ4v) is 2.14. The van der Waals surface area contributed by atoms with E-state index in [9.17, 15) is 9.90 Å². The van der Waals surface area contributed by atoms with Crippen LogP contribution < -0.4 is 5.69 Å². The van der Waals surface area contributed by atoms with Gasteiger partial charge in [0.2, 0.25) is 0 Å². The smallest absolute Gasteiger partial charge is 0.343 e. The molecule has 0 spiro atoms. The van der Waals surface area contributed by atoms with E-state index in [4.69, 9.17) is 0 Å². The molecule has 5 nitrogen and oxygen atoms in total. The molecule has 0 saturated heterocycles. The van der Waals surface area contributed by atoms with Crippen molar-refractivity contribution in [2.24, 2.45) is 7.05 Å². The first-order valence-corrected chi connectivity index (χ1v) is 5.97. The summed E-state index contributed by atoms with van der Waals surface area (Å²) in [5.74, 6) is 0. The van der Waals surface area contributed by atoms with Gasteiger partial charge in [-0.1, -0.05) is 12.1 Å². The number of nitrogens with one attached hydrogen (secondary N) is 1. The van der Waals surface area contributed by atoms with Gasteiger partial charge >= 0.3 is 5.69 Å². The van der Waals surface area contributed by atoms with Crippen molar-refractivity contribution in [1.29, 1.82) is 0 Å². The highest BCUT2D eigenvalue weighted by Crippen LogP contribution is 2.25. The van der Waals surface area contributed by atoms with Crippen molar-refractivity contribution >= 4 is 11.8 Å². The third kappa shape index (κ3) is 2.59. The second-order valence-electron chi connectivity index (χ2n) is 3.72. The molecule has 0 amide bonds. The fourth-order valence-electron chi connectivity index (χ4n) is 1.34. The second kappa shape index (κ2) is 4.77. The predicted molar refractivity (Wildman–Crippen MR) is 65.0 cm³/mol. The number of H-pyrrole nitrogens is 1. The molecule has 1 aromatic carbocycles. The molecule has 2 aromatic rings. The first kappa shape index (κ1) is 11.9. The summed E-state index contributed by atoms with van der Waals surface area (Å²) in [7, 11) is 1.67. The van der Waals surface area contributed by atoms with Gasteiger partial charge in [0.05, 0.1) is 6.10 Å². The highest BCUT2D eigenvalue weighted by molar-refractivity contribution is 7.99. The lowest BCUT2D eigenvalue weighted by molar-refractivity contribution is 0.199. The summed E-state index contributed by atoms with van der Waals surface area (Å²) in [6, 6.07) is 7.51. The zero-order chi connectivity index (χ0) is 12.4. The van der Waals surface area contributed by atoms with Crippen LogP contribution in [0, 0.1) is 0 Å². The minimum Gasteiger partial charge on any atom is -0.389 e. The second-order valence-corrected chi connectivity index (χ2v) is 4.76. The first-order valence-electron chi connectivity index (χ1n) is 5.15. The van der Waals surface area contributed by atoms with E-state index in [0.29, 0.717) is 5.16 Å². The van der Waals surface area contributed by atoms with Crippen LogP contribution in [0.25, 0.3) is 0 Å². The van der Waals surface area contributed by atoms with E-state index in [1.165, 1.54) is 16.3 Å². The summed E-state index contributed by atoms with van der Waals surface area (Å²) < 4.78 is 1.45. The lowest BCUT2D eigenvalue weighted by Gasteiger charge is -2.05. The molecule has 0 aliphatic rings. The van der Waals surface area contributed by atoms with Crippen LogP contribution in [0.4, 0.5) is 0 Å². The van der Waals surface area contributed by atoms with Crippen LogP contribution >= 0.6 is 11.8 Å². The van der Waals surface area contributed by atoms with Crippen LogP contribution in [-0.4, -0.2) is 19.9 Å². The van der Waals surface area contributed by atoms with Gasteiger partial charge in [-0.2, -0.15) is 0 Å². The summed E-state index contributed by atoms with van der Waals surface area (Å²) in [5, 5.41) is 16.3. The number of aromatic nitrogens is 3. The Labute approximate surface area is 102 Å². The number of nitrogens with zero attached hydrogens (tertiary/aromatic N) is 2. The van der Waals surface area contributed by atoms with E-state index >= 15 is 0 Å². The summed E-state index contributed by atoms with van der Waals surface area (Å²) in [6.07, 6.45) is -0.469. The molecule has 0 bridgehead atoms. The Kier molecular flexibility index (Phi) is 3.35. The molecule has 90 valence electrons. The number of aromatic amines is 1. The maximum atomic E-state index is 11.2. The third-order valence-electron chi connectivity index (χ3n) is 2.41.